The SMILES string of the molecule is COc1ncc(-c2nc(C)c(C)c(N3CCOCC3)n2)cn1. The van der Waals surface area contributed by atoms with Gasteiger partial charge in [-0.3, -0.25) is 0 Å². The fraction of sp³-hybridized carbons (Fsp3) is 0.467. The highest BCUT2D eigenvalue weighted by Gasteiger charge is 2.18. The lowest BCUT2D eigenvalue weighted by Crippen LogP contribution is -2.37. The summed E-state index contributed by atoms with van der Waals surface area (Å²) >= 11 is 0. The molecule has 7 heteroatoms. The Morgan fingerprint density at radius 3 is 2.41 bits per heavy atom. The van der Waals surface area contributed by atoms with Crippen LogP contribution in [-0.2, 0) is 4.74 Å². The van der Waals surface area contributed by atoms with Crippen molar-refractivity contribution in [3.8, 4) is 17.4 Å². The number of methoxy groups -OCH3 is 1. The number of nitrogens with zero attached hydrogens (tertiary/aromatic N) is 5. The zero-order valence-corrected chi connectivity index (χ0v) is 13.0. The van der Waals surface area contributed by atoms with Crippen LogP contribution in [-0.4, -0.2) is 53.3 Å². The normalized spacial score (nSPS) is 15.0. The van der Waals surface area contributed by atoms with Crippen molar-refractivity contribution in [2.45, 2.75) is 13.8 Å². The van der Waals surface area contributed by atoms with Crippen molar-refractivity contribution >= 4 is 5.82 Å². The van der Waals surface area contributed by atoms with Gasteiger partial charge in [0.1, 0.15) is 5.82 Å². The second-order valence-electron chi connectivity index (χ2n) is 5.14. The maximum Gasteiger partial charge on any atom is 0.316 e. The number of morpholine rings is 1. The third-order valence-electron chi connectivity index (χ3n) is 3.74. The molecule has 0 unspecified atom stereocenters. The highest BCUT2D eigenvalue weighted by Crippen LogP contribution is 2.24. The highest BCUT2D eigenvalue weighted by atomic mass is 16.5. The van der Waals surface area contributed by atoms with Crippen LogP contribution >= 0.6 is 0 Å². The molecule has 0 saturated carbocycles. The molecule has 1 saturated heterocycles. The molecule has 0 bridgehead atoms. The van der Waals surface area contributed by atoms with E-state index in [1.54, 1.807) is 12.4 Å². The van der Waals surface area contributed by atoms with Crippen molar-refractivity contribution in [1.29, 1.82) is 0 Å². The van der Waals surface area contributed by atoms with E-state index in [9.17, 15) is 0 Å². The summed E-state index contributed by atoms with van der Waals surface area (Å²) in [6.07, 6.45) is 3.36. The molecule has 0 atom stereocenters. The third kappa shape index (κ3) is 2.85. The van der Waals surface area contributed by atoms with Gasteiger partial charge in [0.05, 0.1) is 25.9 Å². The average Bonchev–Trinajstić information content (AvgIpc) is 2.58. The minimum absolute atomic E-state index is 0.334. The Hall–Kier alpha value is -2.28. The van der Waals surface area contributed by atoms with Crippen LogP contribution in [0.3, 0.4) is 0 Å². The number of aryl methyl sites for hydroxylation is 1. The molecular formula is C15H19N5O2. The van der Waals surface area contributed by atoms with Crippen LogP contribution in [0.25, 0.3) is 11.4 Å². The molecule has 1 aliphatic heterocycles. The van der Waals surface area contributed by atoms with E-state index in [0.717, 1.165) is 48.9 Å². The van der Waals surface area contributed by atoms with Gasteiger partial charge in [0, 0.05) is 36.7 Å². The first-order valence-electron chi connectivity index (χ1n) is 7.23. The first kappa shape index (κ1) is 14.6. The van der Waals surface area contributed by atoms with Gasteiger partial charge in [-0.25, -0.2) is 19.9 Å². The maximum absolute atomic E-state index is 5.41. The third-order valence-corrected chi connectivity index (χ3v) is 3.74. The molecule has 116 valence electrons. The average molecular weight is 301 g/mol. The molecule has 22 heavy (non-hydrogen) atoms. The van der Waals surface area contributed by atoms with Crippen LogP contribution in [0.1, 0.15) is 11.3 Å². The lowest BCUT2D eigenvalue weighted by molar-refractivity contribution is 0.122. The second kappa shape index (κ2) is 6.23. The first-order chi connectivity index (χ1) is 10.7. The minimum Gasteiger partial charge on any atom is -0.467 e. The summed E-state index contributed by atoms with van der Waals surface area (Å²) in [7, 11) is 1.54. The van der Waals surface area contributed by atoms with Gasteiger partial charge in [0.2, 0.25) is 0 Å². The fourth-order valence-electron chi connectivity index (χ4n) is 2.36. The minimum atomic E-state index is 0.334. The first-order valence-corrected chi connectivity index (χ1v) is 7.23. The van der Waals surface area contributed by atoms with E-state index in [4.69, 9.17) is 14.5 Å². The molecular weight excluding hydrogens is 282 g/mol. The van der Waals surface area contributed by atoms with Crippen molar-refractivity contribution in [2.75, 3.05) is 38.3 Å². The molecule has 7 nitrogen and oxygen atoms in total. The summed E-state index contributed by atoms with van der Waals surface area (Å²) in [5.74, 6) is 1.59. The van der Waals surface area contributed by atoms with Gasteiger partial charge < -0.3 is 14.4 Å². The summed E-state index contributed by atoms with van der Waals surface area (Å²) in [4.78, 5) is 19.8. The molecule has 0 aromatic carbocycles. The predicted molar refractivity (Wildman–Crippen MR) is 82.1 cm³/mol. The van der Waals surface area contributed by atoms with Crippen molar-refractivity contribution in [3.05, 3.63) is 23.7 Å². The summed E-state index contributed by atoms with van der Waals surface area (Å²) < 4.78 is 10.4. The largest absolute Gasteiger partial charge is 0.467 e. The zero-order valence-electron chi connectivity index (χ0n) is 13.0. The van der Waals surface area contributed by atoms with E-state index >= 15 is 0 Å². The maximum atomic E-state index is 5.41. The smallest absolute Gasteiger partial charge is 0.316 e. The van der Waals surface area contributed by atoms with Crippen LogP contribution in [0.15, 0.2) is 12.4 Å². The number of hydrogen-bond acceptors (Lipinski definition) is 7. The molecule has 0 radical (unpaired) electrons. The fourth-order valence-corrected chi connectivity index (χ4v) is 2.36. The monoisotopic (exact) mass is 301 g/mol. The molecule has 1 aliphatic rings. The molecule has 0 N–H and O–H groups in total. The lowest BCUT2D eigenvalue weighted by atomic mass is 10.2. The molecule has 0 aliphatic carbocycles. The van der Waals surface area contributed by atoms with Gasteiger partial charge in [-0.2, -0.15) is 0 Å². The van der Waals surface area contributed by atoms with E-state index < -0.39 is 0 Å². The summed E-state index contributed by atoms with van der Waals surface area (Å²) in [6.45, 7) is 7.18. The quantitative estimate of drug-likeness (QED) is 0.848. The standard InChI is InChI=1S/C15H19N5O2/c1-10-11(2)18-13(12-8-16-15(21-3)17-9-12)19-14(10)20-4-6-22-7-5-20/h8-9H,4-7H2,1-3H3. The van der Waals surface area contributed by atoms with Crippen LogP contribution < -0.4 is 9.64 Å². The highest BCUT2D eigenvalue weighted by molar-refractivity contribution is 5.59. The lowest BCUT2D eigenvalue weighted by Gasteiger charge is -2.29. The Kier molecular flexibility index (Phi) is 4.15. The summed E-state index contributed by atoms with van der Waals surface area (Å²) in [5, 5.41) is 0. The Bertz CT molecular complexity index is 654. The Morgan fingerprint density at radius 2 is 1.77 bits per heavy atom. The molecule has 0 amide bonds. The van der Waals surface area contributed by atoms with Gasteiger partial charge in [-0.1, -0.05) is 0 Å². The number of hydrogen-bond donors (Lipinski definition) is 0. The van der Waals surface area contributed by atoms with Gasteiger partial charge >= 0.3 is 6.01 Å². The predicted octanol–water partition coefficient (Wildman–Crippen LogP) is 1.40. The van der Waals surface area contributed by atoms with Crippen LogP contribution in [0.2, 0.25) is 0 Å². The van der Waals surface area contributed by atoms with Gasteiger partial charge in [0.15, 0.2) is 5.82 Å². The van der Waals surface area contributed by atoms with E-state index in [0.29, 0.717) is 11.8 Å². The van der Waals surface area contributed by atoms with Gasteiger partial charge in [-0.05, 0) is 13.8 Å². The Morgan fingerprint density at radius 1 is 1.09 bits per heavy atom. The van der Waals surface area contributed by atoms with Crippen LogP contribution in [0, 0.1) is 13.8 Å². The number of anilines is 1. The van der Waals surface area contributed by atoms with E-state index in [1.165, 1.54) is 7.11 Å². The molecule has 2 aromatic rings. The Labute approximate surface area is 129 Å². The van der Waals surface area contributed by atoms with Crippen molar-refractivity contribution in [3.63, 3.8) is 0 Å². The van der Waals surface area contributed by atoms with E-state index in [-0.39, 0.29) is 0 Å². The van der Waals surface area contributed by atoms with Crippen LogP contribution in [0.4, 0.5) is 5.82 Å². The molecule has 3 rings (SSSR count). The van der Waals surface area contributed by atoms with Crippen LogP contribution in [0.5, 0.6) is 6.01 Å². The van der Waals surface area contributed by atoms with Crippen molar-refractivity contribution in [2.24, 2.45) is 0 Å². The number of rotatable bonds is 3. The van der Waals surface area contributed by atoms with E-state index in [2.05, 4.69) is 26.8 Å². The molecule has 3 heterocycles. The Balaban J connectivity index is 1.99. The zero-order chi connectivity index (χ0) is 15.5. The summed E-state index contributed by atoms with van der Waals surface area (Å²) in [5.41, 5.74) is 2.83. The number of ether oxygens (including phenoxy) is 2. The number of aromatic nitrogens is 4. The second-order valence-corrected chi connectivity index (χ2v) is 5.14. The van der Waals surface area contributed by atoms with Crippen molar-refractivity contribution in [1.82, 2.24) is 19.9 Å². The summed E-state index contributed by atoms with van der Waals surface area (Å²) in [6, 6.07) is 0.334. The van der Waals surface area contributed by atoms with Gasteiger partial charge in [-0.15, -0.1) is 0 Å². The molecule has 0 spiro atoms. The molecule has 1 fully saturated rings. The van der Waals surface area contributed by atoms with Gasteiger partial charge in [0.25, 0.3) is 0 Å². The topological polar surface area (TPSA) is 73.3 Å². The molecule has 2 aromatic heterocycles. The van der Waals surface area contributed by atoms with E-state index in [1.807, 2.05) is 6.92 Å². The van der Waals surface area contributed by atoms with Crippen molar-refractivity contribution < 1.29 is 9.47 Å².